The molecule has 0 bridgehead atoms. The second-order valence-corrected chi connectivity index (χ2v) is 5.78. The number of anilines is 1. The molecule has 0 fully saturated rings. The van der Waals surface area contributed by atoms with E-state index < -0.39 is 11.6 Å². The van der Waals surface area contributed by atoms with Crippen molar-refractivity contribution in [3.8, 4) is 17.1 Å². The van der Waals surface area contributed by atoms with Crippen LogP contribution in [0.2, 0.25) is 0 Å². The number of benzene rings is 1. The van der Waals surface area contributed by atoms with Crippen LogP contribution >= 0.6 is 11.8 Å². The number of hydrogen-bond donors (Lipinski definition) is 2. The van der Waals surface area contributed by atoms with Gasteiger partial charge in [-0.3, -0.25) is 4.98 Å². The molecule has 3 aromatic rings. The Morgan fingerprint density at radius 3 is 2.71 bits per heavy atom. The number of aromatic nitrogens is 3. The summed E-state index contributed by atoms with van der Waals surface area (Å²) >= 11 is 1.06. The Bertz CT molecular complexity index is 877. The number of hydrogen-bond acceptors (Lipinski definition) is 6. The number of halogens is 2. The predicted molar refractivity (Wildman–Crippen MR) is 87.3 cm³/mol. The lowest BCUT2D eigenvalue weighted by atomic mass is 10.2. The lowest BCUT2D eigenvalue weighted by Crippen LogP contribution is -2.00. The fourth-order valence-corrected chi connectivity index (χ4v) is 2.84. The average Bonchev–Trinajstić information content (AvgIpc) is 2.60. The van der Waals surface area contributed by atoms with Crippen molar-refractivity contribution in [2.24, 2.45) is 0 Å². The quantitative estimate of drug-likeness (QED) is 0.556. The van der Waals surface area contributed by atoms with Crippen LogP contribution in [-0.2, 0) is 5.75 Å². The molecule has 0 radical (unpaired) electrons. The second-order valence-electron chi connectivity index (χ2n) is 4.84. The van der Waals surface area contributed by atoms with Gasteiger partial charge < -0.3 is 10.8 Å². The summed E-state index contributed by atoms with van der Waals surface area (Å²) in [5.74, 6) is -2.08. The van der Waals surface area contributed by atoms with E-state index in [1.165, 1.54) is 12.1 Å². The zero-order valence-corrected chi connectivity index (χ0v) is 13.1. The summed E-state index contributed by atoms with van der Waals surface area (Å²) in [6, 6.07) is 7.41. The third-order valence-electron chi connectivity index (χ3n) is 3.23. The van der Waals surface area contributed by atoms with Crippen molar-refractivity contribution in [2.75, 3.05) is 5.73 Å². The third-order valence-corrected chi connectivity index (χ3v) is 4.12. The molecule has 0 aliphatic rings. The molecule has 0 unspecified atom stereocenters. The van der Waals surface area contributed by atoms with Gasteiger partial charge in [0.15, 0.2) is 16.8 Å². The summed E-state index contributed by atoms with van der Waals surface area (Å²) in [5, 5.41) is 10.1. The number of thioether (sulfide) groups is 1. The fraction of sp³-hybridized carbons (Fsp3) is 0.0625. The Labute approximate surface area is 140 Å². The molecule has 0 aliphatic heterocycles. The summed E-state index contributed by atoms with van der Waals surface area (Å²) in [6.07, 6.45) is 3.15. The molecule has 0 spiro atoms. The summed E-state index contributed by atoms with van der Waals surface area (Å²) < 4.78 is 26.9. The first-order chi connectivity index (χ1) is 11.6. The van der Waals surface area contributed by atoms with E-state index in [0.29, 0.717) is 11.3 Å². The van der Waals surface area contributed by atoms with Crippen LogP contribution in [0, 0.1) is 11.6 Å². The fourth-order valence-electron chi connectivity index (χ4n) is 2.03. The number of pyridine rings is 1. The highest BCUT2D eigenvalue weighted by Gasteiger charge is 2.15. The maximum absolute atomic E-state index is 13.7. The molecule has 0 aliphatic carbocycles. The molecule has 24 heavy (non-hydrogen) atoms. The lowest BCUT2D eigenvalue weighted by Gasteiger charge is -2.09. The Balaban J connectivity index is 1.89. The average molecular weight is 346 g/mol. The van der Waals surface area contributed by atoms with Crippen LogP contribution < -0.4 is 5.73 Å². The van der Waals surface area contributed by atoms with E-state index in [2.05, 4.69) is 15.0 Å². The largest absolute Gasteiger partial charge is 0.492 e. The topological polar surface area (TPSA) is 84.9 Å². The van der Waals surface area contributed by atoms with Gasteiger partial charge in [-0.1, -0.05) is 23.9 Å². The number of nitrogen functional groups attached to an aromatic ring is 1. The zero-order valence-electron chi connectivity index (χ0n) is 12.3. The van der Waals surface area contributed by atoms with Crippen molar-refractivity contribution in [2.45, 2.75) is 10.9 Å². The van der Waals surface area contributed by atoms with E-state index in [9.17, 15) is 13.9 Å². The van der Waals surface area contributed by atoms with Crippen molar-refractivity contribution in [3.05, 3.63) is 59.9 Å². The summed E-state index contributed by atoms with van der Waals surface area (Å²) in [5.41, 5.74) is 6.98. The minimum Gasteiger partial charge on any atom is -0.492 e. The highest BCUT2D eigenvalue weighted by Crippen LogP contribution is 2.32. The first-order valence-electron chi connectivity index (χ1n) is 6.89. The van der Waals surface area contributed by atoms with Crippen molar-refractivity contribution in [1.29, 1.82) is 0 Å². The molecule has 5 nitrogen and oxygen atoms in total. The van der Waals surface area contributed by atoms with Crippen LogP contribution in [0.15, 0.2) is 47.9 Å². The monoisotopic (exact) mass is 346 g/mol. The highest BCUT2D eigenvalue weighted by atomic mass is 32.2. The molecule has 2 heterocycles. The first-order valence-corrected chi connectivity index (χ1v) is 7.87. The normalized spacial score (nSPS) is 10.8. The Kier molecular flexibility index (Phi) is 4.57. The second kappa shape index (κ2) is 6.79. The van der Waals surface area contributed by atoms with Crippen LogP contribution in [0.3, 0.4) is 0 Å². The van der Waals surface area contributed by atoms with Crippen molar-refractivity contribution in [1.82, 2.24) is 15.0 Å². The predicted octanol–water partition coefficient (Wildman–Crippen LogP) is 3.40. The maximum Gasteiger partial charge on any atom is 0.239 e. The molecule has 1 aromatic carbocycles. The van der Waals surface area contributed by atoms with Crippen LogP contribution in [0.4, 0.5) is 14.5 Å². The molecule has 0 amide bonds. The van der Waals surface area contributed by atoms with Gasteiger partial charge in [-0.05, 0) is 18.2 Å². The van der Waals surface area contributed by atoms with E-state index >= 15 is 0 Å². The SMILES string of the molecule is Nc1c(O)nc(SCc2cccc(F)c2F)nc1-c1cccnc1. The molecule has 0 saturated heterocycles. The van der Waals surface area contributed by atoms with Crippen LogP contribution in [-0.4, -0.2) is 20.1 Å². The van der Waals surface area contributed by atoms with Crippen LogP contribution in [0.25, 0.3) is 11.3 Å². The van der Waals surface area contributed by atoms with Gasteiger partial charge >= 0.3 is 0 Å². The molecule has 0 atom stereocenters. The van der Waals surface area contributed by atoms with Crippen molar-refractivity contribution < 1.29 is 13.9 Å². The van der Waals surface area contributed by atoms with E-state index in [0.717, 1.165) is 17.8 Å². The van der Waals surface area contributed by atoms with Gasteiger partial charge in [0.25, 0.3) is 0 Å². The van der Waals surface area contributed by atoms with Gasteiger partial charge in [0.1, 0.15) is 11.4 Å². The van der Waals surface area contributed by atoms with Crippen LogP contribution in [0.5, 0.6) is 5.88 Å². The van der Waals surface area contributed by atoms with Crippen molar-refractivity contribution >= 4 is 17.4 Å². The molecule has 3 N–H and O–H groups in total. The highest BCUT2D eigenvalue weighted by molar-refractivity contribution is 7.98. The van der Waals surface area contributed by atoms with Crippen molar-refractivity contribution in [3.63, 3.8) is 0 Å². The molecule has 0 saturated carbocycles. The molecule has 8 heteroatoms. The van der Waals surface area contributed by atoms with E-state index in [-0.39, 0.29) is 28.0 Å². The number of aromatic hydroxyl groups is 1. The number of nitrogens with two attached hydrogens (primary N) is 1. The summed E-state index contributed by atoms with van der Waals surface area (Å²) in [4.78, 5) is 12.1. The molecule has 122 valence electrons. The molecule has 2 aromatic heterocycles. The lowest BCUT2D eigenvalue weighted by molar-refractivity contribution is 0.449. The zero-order chi connectivity index (χ0) is 17.1. The number of nitrogens with zero attached hydrogens (tertiary/aromatic N) is 3. The van der Waals surface area contributed by atoms with E-state index in [4.69, 9.17) is 5.73 Å². The first kappa shape index (κ1) is 16.1. The summed E-state index contributed by atoms with van der Waals surface area (Å²) in [6.45, 7) is 0. The Hall–Kier alpha value is -2.74. The molecular weight excluding hydrogens is 334 g/mol. The van der Waals surface area contributed by atoms with Gasteiger partial charge in [0.05, 0.1) is 0 Å². The van der Waals surface area contributed by atoms with Crippen LogP contribution in [0.1, 0.15) is 5.56 Å². The minimum atomic E-state index is -0.912. The van der Waals surface area contributed by atoms with Gasteiger partial charge in [0.2, 0.25) is 5.88 Å². The van der Waals surface area contributed by atoms with E-state index in [1.807, 2.05) is 0 Å². The maximum atomic E-state index is 13.7. The molecule has 3 rings (SSSR count). The Morgan fingerprint density at radius 1 is 1.12 bits per heavy atom. The van der Waals surface area contributed by atoms with E-state index in [1.54, 1.807) is 24.5 Å². The third kappa shape index (κ3) is 3.28. The smallest absolute Gasteiger partial charge is 0.239 e. The standard InChI is InChI=1S/C16H12F2N4OS/c17-11-5-1-3-10(12(11)18)8-24-16-21-14(13(19)15(23)22-16)9-4-2-6-20-7-9/h1-7H,8,19H2,(H,21,22,23). The summed E-state index contributed by atoms with van der Waals surface area (Å²) in [7, 11) is 0. The Morgan fingerprint density at radius 2 is 1.96 bits per heavy atom. The minimum absolute atomic E-state index is 0.0317. The number of rotatable bonds is 4. The van der Waals surface area contributed by atoms with Gasteiger partial charge in [-0.25, -0.2) is 13.8 Å². The van der Waals surface area contributed by atoms with Gasteiger partial charge in [0, 0.05) is 29.3 Å². The van der Waals surface area contributed by atoms with Gasteiger partial charge in [-0.2, -0.15) is 4.98 Å². The van der Waals surface area contributed by atoms with Gasteiger partial charge in [-0.15, -0.1) is 0 Å². The molecular formula is C16H12F2N4OS.